The minimum absolute atomic E-state index is 0.0298. The Balaban J connectivity index is 1.35. The number of rotatable bonds is 6. The van der Waals surface area contributed by atoms with Crippen LogP contribution in [0.3, 0.4) is 0 Å². The van der Waals surface area contributed by atoms with E-state index in [2.05, 4.69) is 82.1 Å². The summed E-state index contributed by atoms with van der Waals surface area (Å²) in [6.45, 7) is 4.21. The molecule has 1 unspecified atom stereocenters. The second-order valence-corrected chi connectivity index (χ2v) is 8.87. The molecule has 4 rings (SSSR count). The second kappa shape index (κ2) is 9.96. The van der Waals surface area contributed by atoms with Crippen molar-refractivity contribution >= 4 is 23.5 Å². The molecule has 3 aromatic rings. The molecule has 1 N–H and O–H groups in total. The first kappa shape index (κ1) is 21.4. The fourth-order valence-electron chi connectivity index (χ4n) is 3.85. The van der Waals surface area contributed by atoms with Crippen LogP contribution in [0.25, 0.3) is 11.3 Å². The molecular weight excluding hydrogens is 404 g/mol. The quantitative estimate of drug-likeness (QED) is 0.572. The summed E-state index contributed by atoms with van der Waals surface area (Å²) in [6.07, 6.45) is 3.94. The van der Waals surface area contributed by atoms with Gasteiger partial charge in [-0.3, -0.25) is 4.79 Å². The molecule has 1 amide bonds. The molecule has 1 atom stereocenters. The fraction of sp³-hybridized carbons (Fsp3) is 0.320. The van der Waals surface area contributed by atoms with E-state index in [0.717, 1.165) is 42.0 Å². The van der Waals surface area contributed by atoms with Crippen molar-refractivity contribution in [2.45, 2.75) is 31.2 Å². The highest BCUT2D eigenvalue weighted by Gasteiger charge is 2.26. The van der Waals surface area contributed by atoms with Crippen molar-refractivity contribution in [1.82, 2.24) is 15.5 Å². The topological polar surface area (TPSA) is 58.1 Å². The zero-order valence-corrected chi connectivity index (χ0v) is 18.9. The lowest BCUT2D eigenvalue weighted by molar-refractivity contribution is -0.125. The van der Waals surface area contributed by atoms with E-state index in [0.29, 0.717) is 13.1 Å². The summed E-state index contributed by atoms with van der Waals surface area (Å²) >= 11 is 1.72. The first-order chi connectivity index (χ1) is 15.1. The lowest BCUT2D eigenvalue weighted by atomic mass is 9.97. The van der Waals surface area contributed by atoms with Crippen LogP contribution in [-0.4, -0.2) is 35.4 Å². The van der Waals surface area contributed by atoms with Crippen LogP contribution in [0.15, 0.2) is 65.6 Å². The highest BCUT2D eigenvalue weighted by molar-refractivity contribution is 7.98. The highest BCUT2D eigenvalue weighted by Crippen LogP contribution is 2.24. The number of amides is 1. The molecule has 2 aromatic carbocycles. The monoisotopic (exact) mass is 432 g/mol. The molecule has 0 spiro atoms. The van der Waals surface area contributed by atoms with Crippen LogP contribution in [0.2, 0.25) is 0 Å². The Morgan fingerprint density at radius 2 is 1.84 bits per heavy atom. The van der Waals surface area contributed by atoms with E-state index in [1.54, 1.807) is 11.8 Å². The van der Waals surface area contributed by atoms with Gasteiger partial charge in [-0.25, -0.2) is 0 Å². The van der Waals surface area contributed by atoms with Crippen molar-refractivity contribution in [3.05, 3.63) is 71.8 Å². The maximum Gasteiger partial charge on any atom is 0.225 e. The van der Waals surface area contributed by atoms with Crippen LogP contribution in [-0.2, 0) is 11.3 Å². The SMILES string of the molecule is CSc1ccc(CNC(=O)C2CCCN(c3ccc(-c4ccc(C)cc4)nn3)C2)cc1. The molecule has 5 nitrogen and oxygen atoms in total. The standard InChI is InChI=1S/C25H28N4OS/c1-18-5-9-20(10-6-18)23-13-14-24(28-27-23)29-15-3-4-21(17-29)25(30)26-16-19-7-11-22(31-2)12-8-19/h5-14,21H,3-4,15-17H2,1-2H3,(H,26,30). The van der Waals surface area contributed by atoms with Crippen LogP contribution in [0.4, 0.5) is 5.82 Å². The molecule has 0 bridgehead atoms. The normalized spacial score (nSPS) is 16.2. The number of piperidine rings is 1. The largest absolute Gasteiger partial charge is 0.354 e. The second-order valence-electron chi connectivity index (χ2n) is 7.99. The number of aryl methyl sites for hydroxylation is 1. The van der Waals surface area contributed by atoms with Gasteiger partial charge in [0.25, 0.3) is 0 Å². The number of aromatic nitrogens is 2. The van der Waals surface area contributed by atoms with E-state index in [-0.39, 0.29) is 11.8 Å². The summed E-state index contributed by atoms with van der Waals surface area (Å²) in [5.41, 5.74) is 4.27. The number of thioether (sulfide) groups is 1. The number of hydrogen-bond donors (Lipinski definition) is 1. The molecule has 2 heterocycles. The Bertz CT molecular complexity index is 1000. The van der Waals surface area contributed by atoms with Crippen LogP contribution in [0.1, 0.15) is 24.0 Å². The van der Waals surface area contributed by atoms with Gasteiger partial charge in [0, 0.05) is 30.1 Å². The van der Waals surface area contributed by atoms with Crippen molar-refractivity contribution < 1.29 is 4.79 Å². The van der Waals surface area contributed by atoms with Crippen molar-refractivity contribution in [3.8, 4) is 11.3 Å². The van der Waals surface area contributed by atoms with Crippen molar-refractivity contribution in [2.24, 2.45) is 5.92 Å². The van der Waals surface area contributed by atoms with E-state index in [9.17, 15) is 4.79 Å². The number of anilines is 1. The molecular formula is C25H28N4OS. The summed E-state index contributed by atoms with van der Waals surface area (Å²) < 4.78 is 0. The van der Waals surface area contributed by atoms with E-state index in [1.807, 2.05) is 12.1 Å². The Morgan fingerprint density at radius 1 is 1.06 bits per heavy atom. The van der Waals surface area contributed by atoms with Gasteiger partial charge in [-0.05, 0) is 55.9 Å². The van der Waals surface area contributed by atoms with Crippen molar-refractivity contribution in [3.63, 3.8) is 0 Å². The van der Waals surface area contributed by atoms with Gasteiger partial charge in [-0.15, -0.1) is 22.0 Å². The van der Waals surface area contributed by atoms with Gasteiger partial charge in [-0.2, -0.15) is 0 Å². The van der Waals surface area contributed by atoms with Crippen LogP contribution < -0.4 is 10.2 Å². The molecule has 1 aliphatic heterocycles. The molecule has 0 radical (unpaired) electrons. The van der Waals surface area contributed by atoms with Gasteiger partial charge in [0.2, 0.25) is 5.91 Å². The number of nitrogens with zero attached hydrogens (tertiary/aromatic N) is 3. The molecule has 31 heavy (non-hydrogen) atoms. The lowest BCUT2D eigenvalue weighted by Crippen LogP contribution is -2.43. The summed E-state index contributed by atoms with van der Waals surface area (Å²) in [5.74, 6) is 0.918. The van der Waals surface area contributed by atoms with Crippen molar-refractivity contribution in [2.75, 3.05) is 24.2 Å². The Hall–Kier alpha value is -2.86. The highest BCUT2D eigenvalue weighted by atomic mass is 32.2. The number of carbonyl (C=O) groups excluding carboxylic acids is 1. The predicted molar refractivity (Wildman–Crippen MR) is 127 cm³/mol. The molecule has 1 saturated heterocycles. The average Bonchev–Trinajstić information content (AvgIpc) is 2.83. The molecule has 0 aliphatic carbocycles. The van der Waals surface area contributed by atoms with Crippen molar-refractivity contribution in [1.29, 1.82) is 0 Å². The lowest BCUT2D eigenvalue weighted by Gasteiger charge is -2.32. The Labute approximate surface area is 188 Å². The molecule has 6 heteroatoms. The molecule has 1 aliphatic rings. The number of nitrogens with one attached hydrogen (secondary N) is 1. The number of carbonyl (C=O) groups is 1. The van der Waals surface area contributed by atoms with Gasteiger partial charge < -0.3 is 10.2 Å². The third-order valence-electron chi connectivity index (χ3n) is 5.74. The predicted octanol–water partition coefficient (Wildman–Crippen LogP) is 4.71. The van der Waals surface area contributed by atoms with Crippen LogP contribution in [0.5, 0.6) is 0 Å². The van der Waals surface area contributed by atoms with Crippen LogP contribution in [0, 0.1) is 12.8 Å². The minimum atomic E-state index is -0.0298. The van der Waals surface area contributed by atoms with Crippen LogP contribution >= 0.6 is 11.8 Å². The van der Waals surface area contributed by atoms with Gasteiger partial charge in [0.05, 0.1) is 11.6 Å². The molecule has 1 fully saturated rings. The number of benzene rings is 2. The Morgan fingerprint density at radius 3 is 2.52 bits per heavy atom. The summed E-state index contributed by atoms with van der Waals surface area (Å²) in [5, 5.41) is 12.0. The van der Waals surface area contributed by atoms with Gasteiger partial charge in [0.1, 0.15) is 0 Å². The maximum absolute atomic E-state index is 12.8. The maximum atomic E-state index is 12.8. The zero-order valence-electron chi connectivity index (χ0n) is 18.0. The summed E-state index contributed by atoms with van der Waals surface area (Å²) in [4.78, 5) is 16.2. The summed E-state index contributed by atoms with van der Waals surface area (Å²) in [7, 11) is 0. The Kier molecular flexibility index (Phi) is 6.87. The van der Waals surface area contributed by atoms with Gasteiger partial charge >= 0.3 is 0 Å². The third-order valence-corrected chi connectivity index (χ3v) is 6.48. The average molecular weight is 433 g/mol. The first-order valence-corrected chi connectivity index (χ1v) is 11.9. The fourth-order valence-corrected chi connectivity index (χ4v) is 4.26. The molecule has 1 aromatic heterocycles. The molecule has 0 saturated carbocycles. The number of hydrogen-bond acceptors (Lipinski definition) is 5. The summed E-state index contributed by atoms with van der Waals surface area (Å²) in [6, 6.07) is 20.6. The molecule has 160 valence electrons. The van der Waals surface area contributed by atoms with E-state index >= 15 is 0 Å². The van der Waals surface area contributed by atoms with Gasteiger partial charge in [-0.1, -0.05) is 42.0 Å². The minimum Gasteiger partial charge on any atom is -0.354 e. The van der Waals surface area contributed by atoms with E-state index in [4.69, 9.17) is 0 Å². The zero-order chi connectivity index (χ0) is 21.6. The smallest absolute Gasteiger partial charge is 0.225 e. The first-order valence-electron chi connectivity index (χ1n) is 10.7. The van der Waals surface area contributed by atoms with E-state index in [1.165, 1.54) is 10.5 Å². The third kappa shape index (κ3) is 5.44. The van der Waals surface area contributed by atoms with E-state index < -0.39 is 0 Å². The van der Waals surface area contributed by atoms with Gasteiger partial charge in [0.15, 0.2) is 5.82 Å².